The van der Waals surface area contributed by atoms with Crippen molar-refractivity contribution in [1.82, 2.24) is 0 Å². The molecule has 0 aromatic heterocycles. The first kappa shape index (κ1) is 13.5. The first-order valence-corrected chi connectivity index (χ1v) is 4.53. The van der Waals surface area contributed by atoms with Crippen molar-refractivity contribution in [2.75, 3.05) is 0 Å². The van der Waals surface area contributed by atoms with E-state index in [1.165, 1.54) is 0 Å². The number of hydrogen-bond donors (Lipinski definition) is 1. The van der Waals surface area contributed by atoms with Crippen LogP contribution < -0.4 is 5.73 Å². The third kappa shape index (κ3) is 2.11. The summed E-state index contributed by atoms with van der Waals surface area (Å²) < 4.78 is 87.3. The standard InChI is InChI=1S/C8H10F7N/c9-6(10)3-1-5(16,2-4-6)7(11,12)8(13,14)15/h1-4,16H2. The van der Waals surface area contributed by atoms with E-state index in [0.29, 0.717) is 0 Å². The smallest absolute Gasteiger partial charge is 0.320 e. The molecule has 1 saturated carbocycles. The van der Waals surface area contributed by atoms with Crippen molar-refractivity contribution in [2.24, 2.45) is 5.73 Å². The highest BCUT2D eigenvalue weighted by Crippen LogP contribution is 2.50. The van der Waals surface area contributed by atoms with Gasteiger partial charge in [-0.25, -0.2) is 8.78 Å². The van der Waals surface area contributed by atoms with Crippen molar-refractivity contribution in [3.05, 3.63) is 0 Å². The summed E-state index contributed by atoms with van der Waals surface area (Å²) in [6, 6.07) is 0. The second-order valence-corrected chi connectivity index (χ2v) is 4.08. The van der Waals surface area contributed by atoms with Gasteiger partial charge in [-0.05, 0) is 12.8 Å². The van der Waals surface area contributed by atoms with Crippen LogP contribution in [-0.4, -0.2) is 23.6 Å². The number of halogens is 7. The van der Waals surface area contributed by atoms with E-state index in [4.69, 9.17) is 5.73 Å². The minimum Gasteiger partial charge on any atom is -0.320 e. The van der Waals surface area contributed by atoms with Crippen LogP contribution >= 0.6 is 0 Å². The summed E-state index contributed by atoms with van der Waals surface area (Å²) in [5.41, 5.74) is 2.02. The predicted octanol–water partition coefficient (Wildman–Crippen LogP) is 3.09. The monoisotopic (exact) mass is 253 g/mol. The summed E-state index contributed by atoms with van der Waals surface area (Å²) in [4.78, 5) is 0. The van der Waals surface area contributed by atoms with Crippen molar-refractivity contribution in [1.29, 1.82) is 0 Å². The van der Waals surface area contributed by atoms with E-state index in [-0.39, 0.29) is 0 Å². The van der Waals surface area contributed by atoms with Gasteiger partial charge in [0.2, 0.25) is 5.92 Å². The van der Waals surface area contributed by atoms with Crippen LogP contribution in [0.25, 0.3) is 0 Å². The fourth-order valence-electron chi connectivity index (χ4n) is 1.66. The second kappa shape index (κ2) is 3.48. The van der Waals surface area contributed by atoms with E-state index < -0.39 is 49.2 Å². The van der Waals surface area contributed by atoms with Gasteiger partial charge in [0.15, 0.2) is 0 Å². The lowest BCUT2D eigenvalue weighted by Gasteiger charge is -2.42. The molecule has 0 amide bonds. The molecule has 0 radical (unpaired) electrons. The molecule has 0 spiro atoms. The van der Waals surface area contributed by atoms with E-state index >= 15 is 0 Å². The lowest BCUT2D eigenvalue weighted by molar-refractivity contribution is -0.313. The Morgan fingerprint density at radius 2 is 1.19 bits per heavy atom. The van der Waals surface area contributed by atoms with Crippen molar-refractivity contribution in [3.8, 4) is 0 Å². The van der Waals surface area contributed by atoms with Gasteiger partial charge in [0.25, 0.3) is 0 Å². The Kier molecular flexibility index (Phi) is 2.94. The molecule has 0 aromatic rings. The van der Waals surface area contributed by atoms with Gasteiger partial charge in [-0.3, -0.25) is 0 Å². The molecule has 16 heavy (non-hydrogen) atoms. The van der Waals surface area contributed by atoms with Gasteiger partial charge in [-0.15, -0.1) is 0 Å². The molecule has 96 valence electrons. The molecule has 2 N–H and O–H groups in total. The van der Waals surface area contributed by atoms with Crippen molar-refractivity contribution in [2.45, 2.75) is 49.2 Å². The lowest BCUT2D eigenvalue weighted by atomic mass is 9.76. The van der Waals surface area contributed by atoms with Crippen molar-refractivity contribution < 1.29 is 30.7 Å². The molecular formula is C8H10F7N. The Morgan fingerprint density at radius 3 is 1.50 bits per heavy atom. The minimum atomic E-state index is -5.81. The van der Waals surface area contributed by atoms with E-state index in [2.05, 4.69) is 0 Å². The van der Waals surface area contributed by atoms with E-state index in [9.17, 15) is 30.7 Å². The zero-order valence-electron chi connectivity index (χ0n) is 8.05. The number of alkyl halides is 7. The Balaban J connectivity index is 2.89. The highest BCUT2D eigenvalue weighted by molar-refractivity contribution is 5.05. The zero-order chi connectivity index (χ0) is 12.8. The van der Waals surface area contributed by atoms with Gasteiger partial charge >= 0.3 is 12.1 Å². The molecule has 0 atom stereocenters. The zero-order valence-corrected chi connectivity index (χ0v) is 8.05. The summed E-state index contributed by atoms with van der Waals surface area (Å²) in [6.07, 6.45) is -10.0. The van der Waals surface area contributed by atoms with Crippen LogP contribution in [0.5, 0.6) is 0 Å². The summed E-state index contributed by atoms with van der Waals surface area (Å²) in [7, 11) is 0. The van der Waals surface area contributed by atoms with Crippen LogP contribution in [0.15, 0.2) is 0 Å². The second-order valence-electron chi connectivity index (χ2n) is 4.08. The van der Waals surface area contributed by atoms with Crippen LogP contribution in [0.4, 0.5) is 30.7 Å². The Labute approximate surface area is 86.8 Å². The fraction of sp³-hybridized carbons (Fsp3) is 1.00. The average Bonchev–Trinajstić information content (AvgIpc) is 2.08. The van der Waals surface area contributed by atoms with Crippen LogP contribution in [0.1, 0.15) is 25.7 Å². The molecule has 1 aliphatic carbocycles. The highest BCUT2D eigenvalue weighted by atomic mass is 19.4. The maximum Gasteiger partial charge on any atom is 0.455 e. The fourth-order valence-corrected chi connectivity index (χ4v) is 1.66. The van der Waals surface area contributed by atoms with Crippen LogP contribution in [-0.2, 0) is 0 Å². The van der Waals surface area contributed by atoms with Gasteiger partial charge < -0.3 is 5.73 Å². The summed E-state index contributed by atoms with van der Waals surface area (Å²) in [6.45, 7) is 0. The SMILES string of the molecule is NC1(C(F)(F)C(F)(F)F)CCC(F)(F)CC1. The molecular weight excluding hydrogens is 243 g/mol. The largest absolute Gasteiger partial charge is 0.455 e. The minimum absolute atomic E-state index is 1.05. The molecule has 1 nitrogen and oxygen atoms in total. The maximum absolute atomic E-state index is 13.0. The van der Waals surface area contributed by atoms with E-state index in [1.54, 1.807) is 0 Å². The Bertz CT molecular complexity index is 260. The molecule has 0 heterocycles. The molecule has 1 aliphatic rings. The molecule has 0 saturated heterocycles. The number of rotatable bonds is 1. The van der Waals surface area contributed by atoms with Gasteiger partial charge in [-0.2, -0.15) is 22.0 Å². The molecule has 0 aliphatic heterocycles. The predicted molar refractivity (Wildman–Crippen MR) is 41.3 cm³/mol. The number of nitrogens with two attached hydrogens (primary N) is 1. The van der Waals surface area contributed by atoms with Crippen LogP contribution in [0, 0.1) is 0 Å². The third-order valence-corrected chi connectivity index (χ3v) is 2.86. The molecule has 8 heteroatoms. The third-order valence-electron chi connectivity index (χ3n) is 2.86. The summed E-state index contributed by atoms with van der Waals surface area (Å²) >= 11 is 0. The molecule has 1 rings (SSSR count). The van der Waals surface area contributed by atoms with Gasteiger partial charge in [0, 0.05) is 12.8 Å². The van der Waals surface area contributed by atoms with Crippen molar-refractivity contribution in [3.63, 3.8) is 0 Å². The summed E-state index contributed by atoms with van der Waals surface area (Å²) in [5, 5.41) is 0. The maximum atomic E-state index is 13.0. The molecule has 0 unspecified atom stereocenters. The highest BCUT2D eigenvalue weighted by Gasteiger charge is 2.69. The Morgan fingerprint density at radius 1 is 0.812 bits per heavy atom. The van der Waals surface area contributed by atoms with Gasteiger partial charge in [-0.1, -0.05) is 0 Å². The Hall–Kier alpha value is -0.530. The van der Waals surface area contributed by atoms with Gasteiger partial charge in [0.1, 0.15) is 0 Å². The first-order valence-electron chi connectivity index (χ1n) is 4.53. The van der Waals surface area contributed by atoms with E-state index in [1.807, 2.05) is 0 Å². The molecule has 1 fully saturated rings. The number of hydrogen-bond acceptors (Lipinski definition) is 1. The van der Waals surface area contributed by atoms with E-state index in [0.717, 1.165) is 0 Å². The first-order chi connectivity index (χ1) is 6.91. The summed E-state index contributed by atoms with van der Waals surface area (Å²) in [5.74, 6) is -8.35. The topological polar surface area (TPSA) is 26.0 Å². The molecule has 0 aromatic carbocycles. The van der Waals surface area contributed by atoms with Crippen molar-refractivity contribution >= 4 is 0 Å². The van der Waals surface area contributed by atoms with Crippen LogP contribution in [0.2, 0.25) is 0 Å². The van der Waals surface area contributed by atoms with Crippen LogP contribution in [0.3, 0.4) is 0 Å². The average molecular weight is 253 g/mol. The quantitative estimate of drug-likeness (QED) is 0.714. The molecule has 0 bridgehead atoms. The normalized spacial score (nSPS) is 25.5. The van der Waals surface area contributed by atoms with Gasteiger partial charge in [0.05, 0.1) is 5.54 Å². The lowest BCUT2D eigenvalue weighted by Crippen LogP contribution is -2.64.